The van der Waals surface area contributed by atoms with Crippen LogP contribution in [0.1, 0.15) is 24.8 Å². The molecule has 5 rings (SSSR count). The van der Waals surface area contributed by atoms with Crippen LogP contribution in [0.25, 0.3) is 33.8 Å². The normalized spacial score (nSPS) is 14.4. The quantitative estimate of drug-likeness (QED) is 0.532. The molecular weight excluding hydrogens is 379 g/mol. The number of nitrogens with one attached hydrogen (secondary N) is 1. The molecule has 0 atom stereocenters. The van der Waals surface area contributed by atoms with Crippen LogP contribution in [-0.2, 0) is 6.54 Å². The minimum atomic E-state index is -0.310. The molecule has 1 aliphatic rings. The number of aromatic amines is 1. The molecule has 1 fully saturated rings. The number of aromatic nitrogens is 4. The lowest BCUT2D eigenvalue weighted by molar-refractivity contribution is 0.577. The van der Waals surface area contributed by atoms with E-state index in [1.54, 1.807) is 12.3 Å². The second-order valence-corrected chi connectivity index (χ2v) is 7.60. The first-order valence-electron chi connectivity index (χ1n) is 10.3. The Balaban J connectivity index is 1.49. The van der Waals surface area contributed by atoms with Gasteiger partial charge in [0.1, 0.15) is 11.5 Å². The Morgan fingerprint density at radius 1 is 1.03 bits per heavy atom. The Morgan fingerprint density at radius 2 is 1.90 bits per heavy atom. The van der Waals surface area contributed by atoms with Gasteiger partial charge in [0.05, 0.1) is 17.4 Å². The Hall–Kier alpha value is -3.32. The van der Waals surface area contributed by atoms with Gasteiger partial charge >= 0.3 is 0 Å². The topological polar surface area (TPSA) is 83.7 Å². The van der Waals surface area contributed by atoms with Gasteiger partial charge in [-0.25, -0.2) is 14.4 Å². The zero-order chi connectivity index (χ0) is 20.5. The number of imidazole rings is 1. The number of fused-ring (bicyclic) bond motifs is 1. The summed E-state index contributed by atoms with van der Waals surface area (Å²) in [5.74, 6) is 0.337. The van der Waals surface area contributed by atoms with Gasteiger partial charge in [0.2, 0.25) is 0 Å². The zero-order valence-corrected chi connectivity index (χ0v) is 16.6. The summed E-state index contributed by atoms with van der Waals surface area (Å²) in [7, 11) is 0. The molecule has 6 nitrogen and oxygen atoms in total. The highest BCUT2D eigenvalue weighted by molar-refractivity contribution is 5.91. The lowest BCUT2D eigenvalue weighted by Gasteiger charge is -2.28. The fourth-order valence-corrected chi connectivity index (χ4v) is 4.02. The second kappa shape index (κ2) is 7.84. The molecule has 0 unspecified atom stereocenters. The lowest BCUT2D eigenvalue weighted by Crippen LogP contribution is -2.29. The van der Waals surface area contributed by atoms with E-state index < -0.39 is 0 Å². The number of halogens is 1. The molecule has 1 aliphatic heterocycles. The summed E-state index contributed by atoms with van der Waals surface area (Å²) >= 11 is 0. The molecule has 0 saturated carbocycles. The van der Waals surface area contributed by atoms with Crippen molar-refractivity contribution < 1.29 is 4.39 Å². The van der Waals surface area contributed by atoms with Crippen LogP contribution in [0.4, 0.5) is 10.1 Å². The minimum absolute atomic E-state index is 0.172. The molecule has 4 aromatic rings. The first-order valence-corrected chi connectivity index (χ1v) is 10.3. The van der Waals surface area contributed by atoms with E-state index in [1.165, 1.54) is 25.3 Å². The number of hydrogen-bond donors (Lipinski definition) is 2. The summed E-state index contributed by atoms with van der Waals surface area (Å²) in [6.45, 7) is 2.34. The van der Waals surface area contributed by atoms with Gasteiger partial charge in [-0.05, 0) is 49.1 Å². The number of anilines is 1. The summed E-state index contributed by atoms with van der Waals surface area (Å²) in [6.07, 6.45) is 7.35. The van der Waals surface area contributed by atoms with Crippen LogP contribution >= 0.6 is 0 Å². The molecule has 0 spiro atoms. The number of nitrogens with two attached hydrogens (primary N) is 1. The average Bonchev–Trinajstić information content (AvgIpc) is 3.24. The third-order valence-corrected chi connectivity index (χ3v) is 5.69. The SMILES string of the molecule is NCc1ccc(-c2ccnc3nc(-c4ccc(N5CCCCC5)cn4)[nH]c23)cc1F. The van der Waals surface area contributed by atoms with Crippen molar-refractivity contribution in [3.05, 3.63) is 60.2 Å². The molecule has 0 radical (unpaired) electrons. The Kier molecular flexibility index (Phi) is 4.88. The lowest BCUT2D eigenvalue weighted by atomic mass is 10.0. The molecule has 0 aliphatic carbocycles. The highest BCUT2D eigenvalue weighted by Crippen LogP contribution is 2.30. The van der Waals surface area contributed by atoms with Crippen LogP contribution in [0.5, 0.6) is 0 Å². The second-order valence-electron chi connectivity index (χ2n) is 7.60. The fourth-order valence-electron chi connectivity index (χ4n) is 4.02. The van der Waals surface area contributed by atoms with Gasteiger partial charge in [-0.15, -0.1) is 0 Å². The summed E-state index contributed by atoms with van der Waals surface area (Å²) in [5.41, 5.74) is 10.9. The van der Waals surface area contributed by atoms with Crippen LogP contribution < -0.4 is 10.6 Å². The molecule has 1 aromatic carbocycles. The van der Waals surface area contributed by atoms with Crippen molar-refractivity contribution in [2.45, 2.75) is 25.8 Å². The van der Waals surface area contributed by atoms with E-state index in [-0.39, 0.29) is 12.4 Å². The van der Waals surface area contributed by atoms with Gasteiger partial charge < -0.3 is 15.6 Å². The van der Waals surface area contributed by atoms with E-state index >= 15 is 0 Å². The number of piperidine rings is 1. The molecule has 0 bridgehead atoms. The van der Waals surface area contributed by atoms with Crippen LogP contribution in [-0.4, -0.2) is 33.0 Å². The number of pyridine rings is 2. The number of benzene rings is 1. The molecule has 3 aromatic heterocycles. The van der Waals surface area contributed by atoms with Crippen molar-refractivity contribution in [3.63, 3.8) is 0 Å². The number of rotatable bonds is 4. The third kappa shape index (κ3) is 3.41. The highest BCUT2D eigenvalue weighted by atomic mass is 19.1. The molecule has 4 heterocycles. The van der Waals surface area contributed by atoms with E-state index in [9.17, 15) is 4.39 Å². The predicted molar refractivity (Wildman–Crippen MR) is 116 cm³/mol. The smallest absolute Gasteiger partial charge is 0.178 e. The molecule has 1 saturated heterocycles. The maximum absolute atomic E-state index is 14.3. The van der Waals surface area contributed by atoms with Crippen LogP contribution in [0, 0.1) is 5.82 Å². The van der Waals surface area contributed by atoms with Crippen molar-refractivity contribution in [3.8, 4) is 22.6 Å². The van der Waals surface area contributed by atoms with E-state index in [0.29, 0.717) is 17.0 Å². The maximum Gasteiger partial charge on any atom is 0.178 e. The van der Waals surface area contributed by atoms with Gasteiger partial charge in [-0.1, -0.05) is 12.1 Å². The van der Waals surface area contributed by atoms with Crippen molar-refractivity contribution in [1.29, 1.82) is 0 Å². The number of hydrogen-bond acceptors (Lipinski definition) is 5. The van der Waals surface area contributed by atoms with E-state index in [2.05, 4.69) is 30.9 Å². The largest absolute Gasteiger partial charge is 0.370 e. The monoisotopic (exact) mass is 402 g/mol. The average molecular weight is 402 g/mol. The van der Waals surface area contributed by atoms with E-state index in [4.69, 9.17) is 5.73 Å². The van der Waals surface area contributed by atoms with Crippen LogP contribution in [0.2, 0.25) is 0 Å². The van der Waals surface area contributed by atoms with Gasteiger partial charge in [0.25, 0.3) is 0 Å². The van der Waals surface area contributed by atoms with Crippen molar-refractivity contribution >= 4 is 16.9 Å². The third-order valence-electron chi connectivity index (χ3n) is 5.69. The van der Waals surface area contributed by atoms with Crippen molar-refractivity contribution in [1.82, 2.24) is 19.9 Å². The standard InChI is InChI=1S/C23H23FN6/c24-19-12-15(4-5-16(19)13-25)18-8-9-26-23-21(18)28-22(29-23)20-7-6-17(14-27-20)30-10-2-1-3-11-30/h4-9,12,14H,1-3,10-11,13,25H2,(H,26,28,29). The summed E-state index contributed by atoms with van der Waals surface area (Å²) in [5, 5.41) is 0. The summed E-state index contributed by atoms with van der Waals surface area (Å²) in [4.78, 5) is 19.3. The Bertz CT molecular complexity index is 1180. The number of H-pyrrole nitrogens is 1. The molecular formula is C23H23FN6. The Labute approximate surface area is 174 Å². The van der Waals surface area contributed by atoms with Crippen molar-refractivity contribution in [2.24, 2.45) is 5.73 Å². The Morgan fingerprint density at radius 3 is 2.63 bits per heavy atom. The fraction of sp³-hybridized carbons (Fsp3) is 0.261. The molecule has 3 N–H and O–H groups in total. The van der Waals surface area contributed by atoms with Crippen LogP contribution in [0.3, 0.4) is 0 Å². The first-order chi connectivity index (χ1) is 14.7. The van der Waals surface area contributed by atoms with Gasteiger partial charge in [0, 0.05) is 37.0 Å². The summed E-state index contributed by atoms with van der Waals surface area (Å²) < 4.78 is 14.3. The van der Waals surface area contributed by atoms with Gasteiger partial charge in [-0.2, -0.15) is 0 Å². The first kappa shape index (κ1) is 18.7. The van der Waals surface area contributed by atoms with E-state index in [1.807, 2.05) is 24.4 Å². The zero-order valence-electron chi connectivity index (χ0n) is 16.6. The highest BCUT2D eigenvalue weighted by Gasteiger charge is 2.15. The van der Waals surface area contributed by atoms with Gasteiger partial charge in [0.15, 0.2) is 11.5 Å². The predicted octanol–water partition coefficient (Wildman–Crippen LogP) is 4.28. The van der Waals surface area contributed by atoms with E-state index in [0.717, 1.165) is 41.1 Å². The maximum atomic E-state index is 14.3. The minimum Gasteiger partial charge on any atom is -0.370 e. The van der Waals surface area contributed by atoms with Crippen molar-refractivity contribution in [2.75, 3.05) is 18.0 Å². The molecule has 7 heteroatoms. The van der Waals surface area contributed by atoms with Crippen LogP contribution in [0.15, 0.2) is 48.8 Å². The molecule has 30 heavy (non-hydrogen) atoms. The summed E-state index contributed by atoms with van der Waals surface area (Å²) in [6, 6.07) is 11.0. The van der Waals surface area contributed by atoms with Gasteiger partial charge in [-0.3, -0.25) is 4.98 Å². The molecule has 0 amide bonds. The number of nitrogens with zero attached hydrogens (tertiary/aromatic N) is 4. The molecule has 152 valence electrons.